The van der Waals surface area contributed by atoms with Gasteiger partial charge in [-0.2, -0.15) is 0 Å². The highest BCUT2D eigenvalue weighted by Gasteiger charge is 2.11. The first-order valence-electron chi connectivity index (χ1n) is 8.89. The topological polar surface area (TPSA) is 17.1 Å². The maximum Gasteiger partial charge on any atom is 0.146 e. The summed E-state index contributed by atoms with van der Waals surface area (Å²) in [6.45, 7) is 4.22. The first-order chi connectivity index (χ1) is 9.72. The summed E-state index contributed by atoms with van der Waals surface area (Å²) in [6, 6.07) is 0. The van der Waals surface area contributed by atoms with Crippen LogP contribution in [0.15, 0.2) is 0 Å². The number of hydrogen-bond donors (Lipinski definition) is 0. The maximum absolute atomic E-state index is 11.4. The van der Waals surface area contributed by atoms with E-state index in [0.29, 0.717) is 12.2 Å². The summed E-state index contributed by atoms with van der Waals surface area (Å²) in [6.07, 6.45) is 18.2. The number of alkyl halides is 1. The highest BCUT2D eigenvalue weighted by Crippen LogP contribution is 2.16. The zero-order chi connectivity index (χ0) is 15.1. The van der Waals surface area contributed by atoms with E-state index >= 15 is 0 Å². The lowest BCUT2D eigenvalue weighted by Crippen LogP contribution is -2.11. The van der Waals surface area contributed by atoms with Crippen LogP contribution in [0.1, 0.15) is 104 Å². The Balaban J connectivity index is 3.11. The van der Waals surface area contributed by atoms with Crippen LogP contribution in [-0.4, -0.2) is 10.6 Å². The van der Waals surface area contributed by atoms with Crippen LogP contribution in [0.4, 0.5) is 0 Å². The summed E-state index contributed by atoms with van der Waals surface area (Å²) in [5.41, 5.74) is 0. The van der Waals surface area contributed by atoms with Crippen molar-refractivity contribution in [1.82, 2.24) is 0 Å². The zero-order valence-electron chi connectivity index (χ0n) is 13.8. The molecule has 0 bridgehead atoms. The van der Waals surface area contributed by atoms with E-state index in [1.807, 2.05) is 6.92 Å². The molecule has 0 aliphatic rings. The Morgan fingerprint density at radius 2 is 1.15 bits per heavy atom. The van der Waals surface area contributed by atoms with Gasteiger partial charge in [0.15, 0.2) is 0 Å². The maximum atomic E-state index is 11.4. The minimum absolute atomic E-state index is 0.107. The van der Waals surface area contributed by atoms with Crippen LogP contribution < -0.4 is 0 Å². The highest BCUT2D eigenvalue weighted by atomic mass is 79.9. The van der Waals surface area contributed by atoms with Gasteiger partial charge in [-0.3, -0.25) is 4.79 Å². The van der Waals surface area contributed by atoms with Crippen molar-refractivity contribution in [2.75, 3.05) is 0 Å². The fourth-order valence-corrected chi connectivity index (χ4v) is 3.19. The van der Waals surface area contributed by atoms with E-state index in [0.717, 1.165) is 6.42 Å². The monoisotopic (exact) mass is 346 g/mol. The van der Waals surface area contributed by atoms with Crippen LogP contribution >= 0.6 is 15.9 Å². The Bertz CT molecular complexity index is 215. The van der Waals surface area contributed by atoms with E-state index in [9.17, 15) is 4.79 Å². The van der Waals surface area contributed by atoms with E-state index in [2.05, 4.69) is 22.9 Å². The van der Waals surface area contributed by atoms with Gasteiger partial charge in [-0.25, -0.2) is 0 Å². The van der Waals surface area contributed by atoms with Gasteiger partial charge in [0.1, 0.15) is 5.78 Å². The Morgan fingerprint density at radius 1 is 0.750 bits per heavy atom. The number of unbranched alkanes of at least 4 members (excludes halogenated alkanes) is 11. The molecular weight excluding hydrogens is 312 g/mol. The minimum Gasteiger partial charge on any atom is -0.298 e. The number of rotatable bonds is 15. The van der Waals surface area contributed by atoms with Gasteiger partial charge >= 0.3 is 0 Å². The molecule has 0 fully saturated rings. The fourth-order valence-electron chi connectivity index (χ4n) is 2.55. The molecule has 0 amide bonds. The molecule has 0 rings (SSSR count). The molecule has 1 nitrogen and oxygen atoms in total. The van der Waals surface area contributed by atoms with Crippen molar-refractivity contribution in [2.45, 2.75) is 109 Å². The van der Waals surface area contributed by atoms with Gasteiger partial charge in [0.2, 0.25) is 0 Å². The van der Waals surface area contributed by atoms with E-state index in [-0.39, 0.29) is 4.83 Å². The van der Waals surface area contributed by atoms with Gasteiger partial charge in [0, 0.05) is 6.42 Å². The summed E-state index contributed by atoms with van der Waals surface area (Å²) < 4.78 is 0. The van der Waals surface area contributed by atoms with Crippen molar-refractivity contribution in [3.8, 4) is 0 Å². The van der Waals surface area contributed by atoms with Gasteiger partial charge in [-0.05, 0) is 6.42 Å². The van der Waals surface area contributed by atoms with E-state index in [1.54, 1.807) is 0 Å². The molecule has 0 saturated carbocycles. The van der Waals surface area contributed by atoms with Crippen molar-refractivity contribution in [3.63, 3.8) is 0 Å². The molecule has 0 aliphatic heterocycles. The molecule has 20 heavy (non-hydrogen) atoms. The Kier molecular flexibility index (Phi) is 15.7. The Labute approximate surface area is 135 Å². The smallest absolute Gasteiger partial charge is 0.146 e. The minimum atomic E-state index is 0.107. The van der Waals surface area contributed by atoms with Crippen molar-refractivity contribution in [2.24, 2.45) is 0 Å². The molecule has 0 spiro atoms. The second kappa shape index (κ2) is 15.5. The molecule has 1 atom stereocenters. The number of hydrogen-bond acceptors (Lipinski definition) is 1. The molecule has 120 valence electrons. The highest BCUT2D eigenvalue weighted by molar-refractivity contribution is 9.10. The van der Waals surface area contributed by atoms with Gasteiger partial charge < -0.3 is 0 Å². The third-order valence-corrected chi connectivity index (χ3v) is 4.98. The number of carbonyl (C=O) groups excluding carboxylic acids is 1. The number of carbonyl (C=O) groups is 1. The van der Waals surface area contributed by atoms with Crippen LogP contribution in [0, 0.1) is 0 Å². The number of Topliss-reactive ketones (excluding diaryl/α,β-unsaturated/α-hetero) is 1. The predicted molar refractivity (Wildman–Crippen MR) is 93.7 cm³/mol. The van der Waals surface area contributed by atoms with Crippen LogP contribution in [0.5, 0.6) is 0 Å². The van der Waals surface area contributed by atoms with E-state index in [1.165, 1.54) is 77.0 Å². The Hall–Kier alpha value is 0.150. The zero-order valence-corrected chi connectivity index (χ0v) is 15.3. The SMILES string of the molecule is CCCCCCCCCCCCCCC(Br)C(=O)CC. The number of halogens is 1. The summed E-state index contributed by atoms with van der Waals surface area (Å²) in [4.78, 5) is 11.5. The average molecular weight is 347 g/mol. The molecule has 0 aromatic carbocycles. The van der Waals surface area contributed by atoms with Crippen molar-refractivity contribution in [3.05, 3.63) is 0 Å². The lowest BCUT2D eigenvalue weighted by Gasteiger charge is -2.07. The van der Waals surface area contributed by atoms with Crippen molar-refractivity contribution in [1.29, 1.82) is 0 Å². The summed E-state index contributed by atoms with van der Waals surface area (Å²) in [7, 11) is 0. The van der Waals surface area contributed by atoms with Crippen LogP contribution in [-0.2, 0) is 4.79 Å². The third-order valence-electron chi connectivity index (χ3n) is 4.01. The standard InChI is InChI=1S/C18H35BrO/c1-3-5-6-7-8-9-10-11-12-13-14-15-16-17(19)18(20)4-2/h17H,3-16H2,1-2H3. The summed E-state index contributed by atoms with van der Waals surface area (Å²) in [5.74, 6) is 0.355. The second-order valence-electron chi connectivity index (χ2n) is 5.97. The van der Waals surface area contributed by atoms with Crippen molar-refractivity contribution < 1.29 is 4.79 Å². The molecule has 1 unspecified atom stereocenters. The van der Waals surface area contributed by atoms with Crippen molar-refractivity contribution >= 4 is 21.7 Å². The quantitative estimate of drug-likeness (QED) is 0.235. The van der Waals surface area contributed by atoms with Gasteiger partial charge in [-0.15, -0.1) is 0 Å². The predicted octanol–water partition coefficient (Wildman–Crippen LogP) is 6.82. The number of ketones is 1. The first kappa shape index (κ1) is 20.1. The fraction of sp³-hybridized carbons (Fsp3) is 0.944. The molecule has 0 saturated heterocycles. The van der Waals surface area contributed by atoms with Crippen LogP contribution in [0.2, 0.25) is 0 Å². The summed E-state index contributed by atoms with van der Waals surface area (Å²) >= 11 is 3.48. The van der Waals surface area contributed by atoms with Gasteiger partial charge in [0.25, 0.3) is 0 Å². The Morgan fingerprint density at radius 3 is 1.55 bits per heavy atom. The molecule has 0 aliphatic carbocycles. The molecule has 0 aromatic heterocycles. The van der Waals surface area contributed by atoms with E-state index < -0.39 is 0 Å². The molecule has 2 heteroatoms. The molecule has 0 N–H and O–H groups in total. The first-order valence-corrected chi connectivity index (χ1v) is 9.80. The summed E-state index contributed by atoms with van der Waals surface area (Å²) in [5, 5.41) is 0. The van der Waals surface area contributed by atoms with Gasteiger partial charge in [-0.1, -0.05) is 107 Å². The molecule has 0 heterocycles. The molecule has 0 aromatic rings. The van der Waals surface area contributed by atoms with Gasteiger partial charge in [0.05, 0.1) is 4.83 Å². The lowest BCUT2D eigenvalue weighted by molar-refractivity contribution is -0.118. The second-order valence-corrected chi connectivity index (χ2v) is 7.07. The largest absolute Gasteiger partial charge is 0.298 e. The average Bonchev–Trinajstić information content (AvgIpc) is 2.47. The lowest BCUT2D eigenvalue weighted by atomic mass is 10.0. The van der Waals surface area contributed by atoms with Crippen LogP contribution in [0.3, 0.4) is 0 Å². The molecular formula is C18H35BrO. The molecule has 0 radical (unpaired) electrons. The van der Waals surface area contributed by atoms with E-state index in [4.69, 9.17) is 0 Å². The van der Waals surface area contributed by atoms with Crippen LogP contribution in [0.25, 0.3) is 0 Å². The third kappa shape index (κ3) is 13.1. The normalized spacial score (nSPS) is 12.6.